The van der Waals surface area contributed by atoms with Crippen LogP contribution < -0.4 is 5.32 Å². The van der Waals surface area contributed by atoms with Gasteiger partial charge in [-0.05, 0) is 69.7 Å². The highest BCUT2D eigenvalue weighted by Gasteiger charge is 2.44. The number of nitrogens with zero attached hydrogens (tertiary/aromatic N) is 1. The molecule has 4 rings (SSSR count). The van der Waals surface area contributed by atoms with Crippen LogP contribution in [0.15, 0.2) is 0 Å². The second-order valence-electron chi connectivity index (χ2n) is 7.43. The second-order valence-corrected chi connectivity index (χ2v) is 7.43. The number of fused-ring (bicyclic) bond motifs is 3. The molecule has 102 valence electrons. The van der Waals surface area contributed by atoms with Crippen molar-refractivity contribution in [2.45, 2.75) is 70.0 Å². The maximum atomic E-state index is 4.04. The second kappa shape index (κ2) is 4.49. The summed E-state index contributed by atoms with van der Waals surface area (Å²) in [5, 5.41) is 4.04. The minimum atomic E-state index is 0.769. The van der Waals surface area contributed by atoms with Gasteiger partial charge in [-0.25, -0.2) is 0 Å². The molecule has 2 saturated carbocycles. The van der Waals surface area contributed by atoms with E-state index in [0.29, 0.717) is 0 Å². The number of nitrogens with one attached hydrogen (secondary N) is 1. The molecule has 4 fully saturated rings. The molecule has 0 aromatic rings. The maximum Gasteiger partial charge on any atom is 0.0250 e. The molecule has 2 heteroatoms. The summed E-state index contributed by atoms with van der Waals surface area (Å²) in [4.78, 5) is 2.73. The molecule has 18 heavy (non-hydrogen) atoms. The molecule has 0 aromatic heterocycles. The lowest BCUT2D eigenvalue weighted by Gasteiger charge is -2.32. The van der Waals surface area contributed by atoms with Gasteiger partial charge < -0.3 is 5.32 Å². The van der Waals surface area contributed by atoms with Crippen LogP contribution in [0.4, 0.5) is 0 Å². The Balaban J connectivity index is 1.37. The fourth-order valence-corrected chi connectivity index (χ4v) is 5.64. The van der Waals surface area contributed by atoms with E-state index < -0.39 is 0 Å². The van der Waals surface area contributed by atoms with Crippen molar-refractivity contribution in [1.29, 1.82) is 0 Å². The van der Waals surface area contributed by atoms with E-state index >= 15 is 0 Å². The largest absolute Gasteiger partial charge is 0.310 e. The summed E-state index contributed by atoms with van der Waals surface area (Å²) in [6.45, 7) is 5.19. The van der Waals surface area contributed by atoms with Crippen LogP contribution in [-0.4, -0.2) is 36.1 Å². The first kappa shape index (κ1) is 11.7. The molecule has 2 nitrogen and oxygen atoms in total. The van der Waals surface area contributed by atoms with Gasteiger partial charge in [0.05, 0.1) is 0 Å². The first-order valence-corrected chi connectivity index (χ1v) is 8.31. The van der Waals surface area contributed by atoms with Gasteiger partial charge in [-0.15, -0.1) is 0 Å². The van der Waals surface area contributed by atoms with Crippen molar-refractivity contribution in [3.05, 3.63) is 0 Å². The molecule has 2 aliphatic heterocycles. The van der Waals surface area contributed by atoms with Crippen LogP contribution in [-0.2, 0) is 0 Å². The van der Waals surface area contributed by atoms with E-state index in [9.17, 15) is 0 Å². The zero-order valence-electron chi connectivity index (χ0n) is 11.8. The highest BCUT2D eigenvalue weighted by atomic mass is 15.2. The molecule has 0 aromatic carbocycles. The zero-order valence-corrected chi connectivity index (χ0v) is 11.8. The maximum absolute atomic E-state index is 4.04. The van der Waals surface area contributed by atoms with E-state index in [1.807, 2.05) is 0 Å². The molecule has 2 saturated heterocycles. The molecular weight excluding hydrogens is 220 g/mol. The molecule has 0 spiro atoms. The summed E-state index contributed by atoms with van der Waals surface area (Å²) < 4.78 is 0. The van der Waals surface area contributed by atoms with Gasteiger partial charge in [0.25, 0.3) is 0 Å². The van der Waals surface area contributed by atoms with Crippen molar-refractivity contribution in [2.24, 2.45) is 17.8 Å². The van der Waals surface area contributed by atoms with Crippen molar-refractivity contribution >= 4 is 0 Å². The fraction of sp³-hybridized carbons (Fsp3) is 1.00. The van der Waals surface area contributed by atoms with Crippen molar-refractivity contribution in [1.82, 2.24) is 10.2 Å². The van der Waals surface area contributed by atoms with Crippen LogP contribution in [0.1, 0.15) is 51.9 Å². The van der Waals surface area contributed by atoms with E-state index in [4.69, 9.17) is 0 Å². The minimum absolute atomic E-state index is 0.769. The molecule has 4 aliphatic rings. The quantitative estimate of drug-likeness (QED) is 0.826. The summed E-state index contributed by atoms with van der Waals surface area (Å²) in [5.41, 5.74) is 0. The average Bonchev–Trinajstić information content (AvgIpc) is 3.10. The Morgan fingerprint density at radius 3 is 2.78 bits per heavy atom. The monoisotopic (exact) mass is 248 g/mol. The molecule has 0 amide bonds. The Labute approximate surface area is 111 Å². The van der Waals surface area contributed by atoms with Crippen molar-refractivity contribution in [3.63, 3.8) is 0 Å². The first-order valence-electron chi connectivity index (χ1n) is 8.31. The smallest absolute Gasteiger partial charge is 0.0250 e. The van der Waals surface area contributed by atoms with Gasteiger partial charge in [0.2, 0.25) is 0 Å². The Hall–Kier alpha value is -0.0800. The highest BCUT2D eigenvalue weighted by molar-refractivity contribution is 4.99. The summed E-state index contributed by atoms with van der Waals surface area (Å²) in [6, 6.07) is 2.46. The minimum Gasteiger partial charge on any atom is -0.310 e. The lowest BCUT2D eigenvalue weighted by molar-refractivity contribution is 0.226. The Morgan fingerprint density at radius 2 is 2.00 bits per heavy atom. The predicted molar refractivity (Wildman–Crippen MR) is 74.5 cm³/mol. The van der Waals surface area contributed by atoms with Gasteiger partial charge in [0.15, 0.2) is 0 Å². The van der Waals surface area contributed by atoms with E-state index in [2.05, 4.69) is 17.1 Å². The molecule has 2 bridgehead atoms. The molecule has 2 aliphatic carbocycles. The summed E-state index contributed by atoms with van der Waals surface area (Å²) in [6.07, 6.45) is 10.4. The van der Waals surface area contributed by atoms with Crippen molar-refractivity contribution < 1.29 is 0 Å². The van der Waals surface area contributed by atoms with Gasteiger partial charge in [-0.1, -0.05) is 6.42 Å². The van der Waals surface area contributed by atoms with E-state index in [-0.39, 0.29) is 0 Å². The third kappa shape index (κ3) is 1.84. The number of hydrogen-bond donors (Lipinski definition) is 1. The molecule has 6 unspecified atom stereocenters. The SMILES string of the molecule is CC(NC1CCN2CCCC12)C1CC2CCC1C2. The summed E-state index contributed by atoms with van der Waals surface area (Å²) in [7, 11) is 0. The molecule has 1 N–H and O–H groups in total. The third-order valence-corrected chi connectivity index (χ3v) is 6.52. The van der Waals surface area contributed by atoms with Crippen LogP contribution in [0.5, 0.6) is 0 Å². The van der Waals surface area contributed by atoms with Crippen molar-refractivity contribution in [2.75, 3.05) is 13.1 Å². The van der Waals surface area contributed by atoms with Gasteiger partial charge in [-0.2, -0.15) is 0 Å². The topological polar surface area (TPSA) is 15.3 Å². The standard InChI is InChI=1S/C16H28N2/c1-11(14-10-12-4-5-13(14)9-12)17-15-6-8-18-7-2-3-16(15)18/h11-17H,2-10H2,1H3. The Bertz CT molecular complexity index is 316. The van der Waals surface area contributed by atoms with Gasteiger partial charge in [-0.3, -0.25) is 4.90 Å². The predicted octanol–water partition coefficient (Wildman–Crippen LogP) is 2.64. The van der Waals surface area contributed by atoms with Crippen LogP contribution in [0, 0.1) is 17.8 Å². The normalized spacial score (nSPS) is 48.8. The van der Waals surface area contributed by atoms with Gasteiger partial charge in [0.1, 0.15) is 0 Å². The van der Waals surface area contributed by atoms with Crippen LogP contribution in [0.2, 0.25) is 0 Å². The molecular formula is C16H28N2. The fourth-order valence-electron chi connectivity index (χ4n) is 5.64. The first-order chi connectivity index (χ1) is 8.81. The Kier molecular flexibility index (Phi) is 2.92. The molecule has 0 radical (unpaired) electrons. The molecule has 2 heterocycles. The highest BCUT2D eigenvalue weighted by Crippen LogP contribution is 2.49. The zero-order chi connectivity index (χ0) is 12.1. The van der Waals surface area contributed by atoms with E-state index in [0.717, 1.165) is 35.9 Å². The lowest BCUT2D eigenvalue weighted by atomic mass is 9.83. The van der Waals surface area contributed by atoms with Gasteiger partial charge in [0, 0.05) is 24.7 Å². The lowest BCUT2D eigenvalue weighted by Crippen LogP contribution is -2.47. The van der Waals surface area contributed by atoms with Crippen molar-refractivity contribution in [3.8, 4) is 0 Å². The van der Waals surface area contributed by atoms with Crippen LogP contribution in [0.3, 0.4) is 0 Å². The summed E-state index contributed by atoms with van der Waals surface area (Å²) in [5.74, 6) is 3.16. The molecule has 6 atom stereocenters. The number of hydrogen-bond acceptors (Lipinski definition) is 2. The van der Waals surface area contributed by atoms with Crippen LogP contribution >= 0.6 is 0 Å². The Morgan fingerprint density at radius 1 is 1.06 bits per heavy atom. The van der Waals surface area contributed by atoms with E-state index in [1.54, 1.807) is 6.42 Å². The van der Waals surface area contributed by atoms with Crippen LogP contribution in [0.25, 0.3) is 0 Å². The van der Waals surface area contributed by atoms with Gasteiger partial charge >= 0.3 is 0 Å². The van der Waals surface area contributed by atoms with E-state index in [1.165, 1.54) is 51.6 Å². The average molecular weight is 248 g/mol. The third-order valence-electron chi connectivity index (χ3n) is 6.52. The number of rotatable bonds is 3. The summed E-state index contributed by atoms with van der Waals surface area (Å²) >= 11 is 0.